The summed E-state index contributed by atoms with van der Waals surface area (Å²) in [5, 5.41) is 8.42. The lowest BCUT2D eigenvalue weighted by Crippen LogP contribution is -2.36. The number of amides is 2. The highest BCUT2D eigenvalue weighted by Crippen LogP contribution is 2.25. The van der Waals surface area contributed by atoms with Gasteiger partial charge in [-0.25, -0.2) is 9.78 Å². The lowest BCUT2D eigenvalue weighted by molar-refractivity contribution is 0.239. The molecule has 0 aliphatic heterocycles. The standard InChI is InChI=1S/C15H17N3OS/c1-3-9-16-15(19)17-11(2)14-18-13(10-20-14)12-7-5-4-6-8-12/h3-8,10-11H,1,9H2,2H3,(H2,16,17,19)/t11-/m0/s1. The second-order valence-corrected chi connectivity index (χ2v) is 5.19. The van der Waals surface area contributed by atoms with Gasteiger partial charge in [0, 0.05) is 17.5 Å². The van der Waals surface area contributed by atoms with E-state index in [2.05, 4.69) is 22.2 Å². The largest absolute Gasteiger partial charge is 0.335 e. The normalized spacial score (nSPS) is 11.7. The second-order valence-electron chi connectivity index (χ2n) is 4.30. The summed E-state index contributed by atoms with van der Waals surface area (Å²) < 4.78 is 0. The molecule has 1 aromatic carbocycles. The molecule has 0 fully saturated rings. The van der Waals surface area contributed by atoms with Gasteiger partial charge < -0.3 is 10.6 Å². The molecule has 0 unspecified atom stereocenters. The van der Waals surface area contributed by atoms with Crippen LogP contribution in [0.3, 0.4) is 0 Å². The Kier molecular flexibility index (Phi) is 4.90. The highest BCUT2D eigenvalue weighted by atomic mass is 32.1. The van der Waals surface area contributed by atoms with Gasteiger partial charge in [-0.1, -0.05) is 36.4 Å². The van der Waals surface area contributed by atoms with Gasteiger partial charge in [-0.15, -0.1) is 17.9 Å². The van der Waals surface area contributed by atoms with E-state index in [1.165, 1.54) is 0 Å². The van der Waals surface area contributed by atoms with Crippen LogP contribution in [-0.2, 0) is 0 Å². The van der Waals surface area contributed by atoms with Crippen molar-refractivity contribution >= 4 is 17.4 Å². The fourth-order valence-corrected chi connectivity index (χ4v) is 2.54. The molecule has 1 heterocycles. The molecule has 0 saturated heterocycles. The average molecular weight is 287 g/mol. The lowest BCUT2D eigenvalue weighted by Gasteiger charge is -2.11. The van der Waals surface area contributed by atoms with Gasteiger partial charge in [0.1, 0.15) is 5.01 Å². The van der Waals surface area contributed by atoms with Crippen LogP contribution in [0.5, 0.6) is 0 Å². The summed E-state index contributed by atoms with van der Waals surface area (Å²) in [6.45, 7) is 5.92. The minimum absolute atomic E-state index is 0.123. The topological polar surface area (TPSA) is 54.0 Å². The van der Waals surface area contributed by atoms with E-state index < -0.39 is 0 Å². The molecule has 1 aromatic heterocycles. The lowest BCUT2D eigenvalue weighted by atomic mass is 10.2. The molecule has 0 aliphatic carbocycles. The number of urea groups is 1. The van der Waals surface area contributed by atoms with Crippen molar-refractivity contribution < 1.29 is 4.79 Å². The minimum Gasteiger partial charge on any atom is -0.335 e. The number of benzene rings is 1. The van der Waals surface area contributed by atoms with Crippen LogP contribution in [0.1, 0.15) is 18.0 Å². The molecule has 0 saturated carbocycles. The molecule has 1 atom stereocenters. The van der Waals surface area contributed by atoms with E-state index >= 15 is 0 Å². The van der Waals surface area contributed by atoms with Gasteiger partial charge in [-0.05, 0) is 6.92 Å². The second kappa shape index (κ2) is 6.86. The van der Waals surface area contributed by atoms with E-state index in [0.29, 0.717) is 6.54 Å². The van der Waals surface area contributed by atoms with E-state index in [1.54, 1.807) is 17.4 Å². The molecule has 2 amide bonds. The van der Waals surface area contributed by atoms with Crippen LogP contribution in [-0.4, -0.2) is 17.6 Å². The van der Waals surface area contributed by atoms with Crippen LogP contribution in [0.25, 0.3) is 11.3 Å². The Labute approximate surface area is 122 Å². The fraction of sp³-hybridized carbons (Fsp3) is 0.200. The zero-order chi connectivity index (χ0) is 14.4. The Hall–Kier alpha value is -2.14. The summed E-state index contributed by atoms with van der Waals surface area (Å²) in [5.41, 5.74) is 2.02. The summed E-state index contributed by atoms with van der Waals surface area (Å²) in [6, 6.07) is 9.65. The maximum atomic E-state index is 11.6. The predicted octanol–water partition coefficient (Wildman–Crippen LogP) is 3.36. The number of rotatable bonds is 5. The number of carbonyl (C=O) groups excluding carboxylic acids is 1. The molecule has 0 bridgehead atoms. The van der Waals surface area contributed by atoms with Crippen molar-refractivity contribution in [2.75, 3.05) is 6.54 Å². The minimum atomic E-state index is -0.214. The van der Waals surface area contributed by atoms with Crippen LogP contribution in [0, 0.1) is 0 Å². The Bertz CT molecular complexity index is 580. The third-order valence-electron chi connectivity index (χ3n) is 2.72. The first-order chi connectivity index (χ1) is 9.70. The van der Waals surface area contributed by atoms with Gasteiger partial charge in [0.2, 0.25) is 0 Å². The van der Waals surface area contributed by atoms with Gasteiger partial charge in [0.05, 0.1) is 11.7 Å². The molecule has 5 heteroatoms. The average Bonchev–Trinajstić information content (AvgIpc) is 2.96. The van der Waals surface area contributed by atoms with Crippen LogP contribution in [0.4, 0.5) is 4.79 Å². The first-order valence-corrected chi connectivity index (χ1v) is 7.24. The number of nitrogens with one attached hydrogen (secondary N) is 2. The zero-order valence-electron chi connectivity index (χ0n) is 11.3. The molecular weight excluding hydrogens is 270 g/mol. The van der Waals surface area contributed by atoms with Gasteiger partial charge in [-0.3, -0.25) is 0 Å². The number of aromatic nitrogens is 1. The third-order valence-corrected chi connectivity index (χ3v) is 3.74. The maximum Gasteiger partial charge on any atom is 0.315 e. The fourth-order valence-electron chi connectivity index (χ4n) is 1.70. The molecule has 4 nitrogen and oxygen atoms in total. The Morgan fingerprint density at radius 2 is 2.20 bits per heavy atom. The molecule has 0 spiro atoms. The van der Waals surface area contributed by atoms with Gasteiger partial charge in [-0.2, -0.15) is 0 Å². The quantitative estimate of drug-likeness (QED) is 0.829. The van der Waals surface area contributed by atoms with Crippen LogP contribution in [0.2, 0.25) is 0 Å². The van der Waals surface area contributed by atoms with Gasteiger partial charge in [0.25, 0.3) is 0 Å². The number of nitrogens with zero attached hydrogens (tertiary/aromatic N) is 1. The summed E-state index contributed by atoms with van der Waals surface area (Å²) in [4.78, 5) is 16.1. The highest BCUT2D eigenvalue weighted by molar-refractivity contribution is 7.10. The zero-order valence-corrected chi connectivity index (χ0v) is 12.1. The number of hydrogen-bond acceptors (Lipinski definition) is 3. The molecule has 0 radical (unpaired) electrons. The number of hydrogen-bond donors (Lipinski definition) is 2. The van der Waals surface area contributed by atoms with E-state index in [4.69, 9.17) is 0 Å². The summed E-state index contributed by atoms with van der Waals surface area (Å²) in [6.07, 6.45) is 1.64. The van der Waals surface area contributed by atoms with Crippen molar-refractivity contribution in [3.05, 3.63) is 53.4 Å². The van der Waals surface area contributed by atoms with Crippen molar-refractivity contribution in [2.24, 2.45) is 0 Å². The first-order valence-electron chi connectivity index (χ1n) is 6.37. The predicted molar refractivity (Wildman–Crippen MR) is 82.7 cm³/mol. The van der Waals surface area contributed by atoms with Crippen LogP contribution in [0.15, 0.2) is 48.4 Å². The summed E-state index contributed by atoms with van der Waals surface area (Å²) in [7, 11) is 0. The van der Waals surface area contributed by atoms with Crippen molar-refractivity contribution in [1.29, 1.82) is 0 Å². The number of carbonyl (C=O) groups is 1. The number of thiazole rings is 1. The molecule has 20 heavy (non-hydrogen) atoms. The Balaban J connectivity index is 2.01. The molecule has 2 N–H and O–H groups in total. The van der Waals surface area contributed by atoms with Crippen LogP contribution < -0.4 is 10.6 Å². The summed E-state index contributed by atoms with van der Waals surface area (Å²) in [5.74, 6) is 0. The van der Waals surface area contributed by atoms with Crippen molar-refractivity contribution in [3.8, 4) is 11.3 Å². The first kappa shape index (κ1) is 14.3. The van der Waals surface area contributed by atoms with E-state index in [0.717, 1.165) is 16.3 Å². The Morgan fingerprint density at radius 1 is 1.45 bits per heavy atom. The Morgan fingerprint density at radius 3 is 2.90 bits per heavy atom. The SMILES string of the molecule is C=CCNC(=O)N[C@@H](C)c1nc(-c2ccccc2)cs1. The molecule has 2 rings (SSSR count). The van der Waals surface area contributed by atoms with Crippen molar-refractivity contribution in [1.82, 2.24) is 15.6 Å². The molecule has 2 aromatic rings. The smallest absolute Gasteiger partial charge is 0.315 e. The molecular formula is C15H17N3OS. The van der Waals surface area contributed by atoms with Crippen molar-refractivity contribution in [2.45, 2.75) is 13.0 Å². The van der Waals surface area contributed by atoms with E-state index in [1.807, 2.05) is 42.6 Å². The molecule has 104 valence electrons. The highest BCUT2D eigenvalue weighted by Gasteiger charge is 2.13. The summed E-state index contributed by atoms with van der Waals surface area (Å²) >= 11 is 1.54. The van der Waals surface area contributed by atoms with Crippen LogP contribution >= 0.6 is 11.3 Å². The monoisotopic (exact) mass is 287 g/mol. The third kappa shape index (κ3) is 3.68. The van der Waals surface area contributed by atoms with Gasteiger partial charge >= 0.3 is 6.03 Å². The maximum absolute atomic E-state index is 11.6. The van der Waals surface area contributed by atoms with Gasteiger partial charge in [0.15, 0.2) is 0 Å². The molecule has 0 aliphatic rings. The van der Waals surface area contributed by atoms with E-state index in [-0.39, 0.29) is 12.1 Å². The van der Waals surface area contributed by atoms with E-state index in [9.17, 15) is 4.79 Å². The van der Waals surface area contributed by atoms with Crippen molar-refractivity contribution in [3.63, 3.8) is 0 Å².